The van der Waals surface area contributed by atoms with Crippen LogP contribution >= 0.6 is 0 Å². The van der Waals surface area contributed by atoms with Crippen LogP contribution in [0.4, 0.5) is 8.78 Å². The number of hydrogen-bond donors (Lipinski definition) is 1. The zero-order valence-corrected chi connectivity index (χ0v) is 9.94. The quantitative estimate of drug-likeness (QED) is 0.684. The van der Waals surface area contributed by atoms with E-state index in [0.29, 0.717) is 12.4 Å². The number of alkyl halides is 2. The molecule has 0 spiro atoms. The van der Waals surface area contributed by atoms with Crippen LogP contribution in [-0.4, -0.2) is 46.4 Å². The molecule has 1 atom stereocenters. The molecule has 0 saturated heterocycles. The summed E-state index contributed by atoms with van der Waals surface area (Å²) in [5, 5.41) is 14.4. The molecule has 0 aliphatic carbocycles. The highest BCUT2D eigenvalue weighted by Gasteiger charge is 2.13. The maximum absolute atomic E-state index is 11.8. The third-order valence-corrected chi connectivity index (χ3v) is 2.15. The van der Waals surface area contributed by atoms with Gasteiger partial charge in [0.2, 0.25) is 0 Å². The van der Waals surface area contributed by atoms with E-state index in [9.17, 15) is 8.78 Å². The fraction of sp³-hybridized carbons (Fsp3) is 0.889. The summed E-state index contributed by atoms with van der Waals surface area (Å²) in [6.45, 7) is 4.70. The molecule has 1 aromatic rings. The van der Waals surface area contributed by atoms with Crippen molar-refractivity contribution >= 4 is 0 Å². The highest BCUT2D eigenvalue weighted by atomic mass is 19.3. The van der Waals surface area contributed by atoms with Gasteiger partial charge in [0.15, 0.2) is 5.82 Å². The Morgan fingerprint density at radius 3 is 2.88 bits per heavy atom. The molecule has 6 nitrogen and oxygen atoms in total. The summed E-state index contributed by atoms with van der Waals surface area (Å²) in [7, 11) is 0. The van der Waals surface area contributed by atoms with E-state index in [2.05, 4.69) is 20.8 Å². The van der Waals surface area contributed by atoms with Crippen LogP contribution in [0.1, 0.15) is 25.7 Å². The lowest BCUT2D eigenvalue weighted by Gasteiger charge is -2.11. The number of nitrogens with one attached hydrogen (secondary N) is 1. The van der Waals surface area contributed by atoms with Crippen molar-refractivity contribution in [3.63, 3.8) is 0 Å². The lowest BCUT2D eigenvalue weighted by molar-refractivity contribution is 0.0136. The van der Waals surface area contributed by atoms with Crippen LogP contribution in [0.2, 0.25) is 0 Å². The highest BCUT2D eigenvalue weighted by Crippen LogP contribution is 2.06. The number of tetrazole rings is 1. The highest BCUT2D eigenvalue weighted by molar-refractivity contribution is 4.89. The average Bonchev–Trinajstić information content (AvgIpc) is 2.72. The fourth-order valence-electron chi connectivity index (χ4n) is 1.40. The van der Waals surface area contributed by atoms with Crippen molar-refractivity contribution in [1.82, 2.24) is 25.5 Å². The zero-order valence-electron chi connectivity index (χ0n) is 9.94. The first kappa shape index (κ1) is 13.9. The van der Waals surface area contributed by atoms with Crippen LogP contribution in [0.5, 0.6) is 0 Å². The van der Waals surface area contributed by atoms with E-state index < -0.39 is 13.0 Å². The maximum Gasteiger partial charge on any atom is 0.261 e. The third kappa shape index (κ3) is 4.70. The van der Waals surface area contributed by atoms with Crippen LogP contribution in [0.25, 0.3) is 0 Å². The van der Waals surface area contributed by atoms with Gasteiger partial charge in [-0.15, -0.1) is 5.10 Å². The fourth-order valence-corrected chi connectivity index (χ4v) is 1.40. The Balaban J connectivity index is 2.40. The van der Waals surface area contributed by atoms with E-state index in [4.69, 9.17) is 4.74 Å². The van der Waals surface area contributed by atoms with Crippen molar-refractivity contribution in [2.24, 2.45) is 0 Å². The molecule has 0 saturated carbocycles. The van der Waals surface area contributed by atoms with Crippen molar-refractivity contribution < 1.29 is 13.5 Å². The van der Waals surface area contributed by atoms with Crippen molar-refractivity contribution in [3.05, 3.63) is 5.82 Å². The molecule has 1 aromatic heterocycles. The van der Waals surface area contributed by atoms with Gasteiger partial charge in [-0.25, -0.2) is 13.5 Å². The second kappa shape index (κ2) is 7.23. The van der Waals surface area contributed by atoms with E-state index in [1.54, 1.807) is 4.68 Å². The number of nitrogens with zero attached hydrogens (tertiary/aromatic N) is 4. The molecule has 1 unspecified atom stereocenters. The molecular weight excluding hydrogens is 232 g/mol. The number of hydrogen-bond acceptors (Lipinski definition) is 5. The summed E-state index contributed by atoms with van der Waals surface area (Å²) in [4.78, 5) is 0. The predicted octanol–water partition coefficient (Wildman–Crippen LogP) is 0.625. The lowest BCUT2D eigenvalue weighted by atomic mass is 10.3. The first-order valence-electron chi connectivity index (χ1n) is 5.50. The molecule has 1 rings (SSSR count). The molecule has 0 radical (unpaired) electrons. The Morgan fingerprint density at radius 2 is 2.24 bits per heavy atom. The molecule has 0 bridgehead atoms. The van der Waals surface area contributed by atoms with E-state index in [1.807, 2.05) is 13.8 Å². The molecule has 0 fully saturated rings. The topological polar surface area (TPSA) is 64.9 Å². The standard InChI is InChI=1S/C9H17F2N5O/c1-3-12-7(2)9-13-14-15-16(9)4-5-17-6-8(10)11/h7-8,12H,3-6H2,1-2H3. The molecule has 17 heavy (non-hydrogen) atoms. The van der Waals surface area contributed by atoms with Gasteiger partial charge in [0.05, 0.1) is 19.2 Å². The summed E-state index contributed by atoms with van der Waals surface area (Å²) >= 11 is 0. The van der Waals surface area contributed by atoms with Gasteiger partial charge >= 0.3 is 0 Å². The molecule has 0 amide bonds. The van der Waals surface area contributed by atoms with Crippen LogP contribution in [0.15, 0.2) is 0 Å². The van der Waals surface area contributed by atoms with Crippen LogP contribution < -0.4 is 5.32 Å². The third-order valence-electron chi connectivity index (χ3n) is 2.15. The summed E-state index contributed by atoms with van der Waals surface area (Å²) < 4.78 is 30.0. The van der Waals surface area contributed by atoms with Gasteiger partial charge in [0.25, 0.3) is 6.43 Å². The first-order chi connectivity index (χ1) is 8.15. The van der Waals surface area contributed by atoms with Gasteiger partial charge in [0, 0.05) is 0 Å². The number of aromatic nitrogens is 4. The lowest BCUT2D eigenvalue weighted by Crippen LogP contribution is -2.23. The van der Waals surface area contributed by atoms with Gasteiger partial charge in [-0.05, 0) is 23.9 Å². The summed E-state index contributed by atoms with van der Waals surface area (Å²) in [6.07, 6.45) is -2.44. The van der Waals surface area contributed by atoms with E-state index in [-0.39, 0.29) is 12.6 Å². The minimum atomic E-state index is -2.44. The van der Waals surface area contributed by atoms with Gasteiger partial charge < -0.3 is 10.1 Å². The maximum atomic E-state index is 11.8. The smallest absolute Gasteiger partial charge is 0.261 e. The Labute approximate surface area is 98.3 Å². The number of halogens is 2. The van der Waals surface area contributed by atoms with Crippen molar-refractivity contribution in [3.8, 4) is 0 Å². The molecule has 1 heterocycles. The SMILES string of the molecule is CCNC(C)c1nnnn1CCOCC(F)F. The second-order valence-corrected chi connectivity index (χ2v) is 3.51. The molecule has 0 aliphatic rings. The van der Waals surface area contributed by atoms with Crippen LogP contribution in [0, 0.1) is 0 Å². The Bertz CT molecular complexity index is 320. The van der Waals surface area contributed by atoms with Crippen LogP contribution in [-0.2, 0) is 11.3 Å². The zero-order chi connectivity index (χ0) is 12.7. The van der Waals surface area contributed by atoms with E-state index >= 15 is 0 Å². The second-order valence-electron chi connectivity index (χ2n) is 3.51. The summed E-state index contributed by atoms with van der Waals surface area (Å²) in [6, 6.07) is 0.0186. The summed E-state index contributed by atoms with van der Waals surface area (Å²) in [5.41, 5.74) is 0. The Hall–Kier alpha value is -1.15. The van der Waals surface area contributed by atoms with Crippen molar-refractivity contribution in [1.29, 1.82) is 0 Å². The number of rotatable bonds is 8. The van der Waals surface area contributed by atoms with Gasteiger partial charge in [-0.1, -0.05) is 6.92 Å². The molecule has 8 heteroatoms. The average molecular weight is 249 g/mol. The van der Waals surface area contributed by atoms with Crippen LogP contribution in [0.3, 0.4) is 0 Å². The molecule has 0 aromatic carbocycles. The molecule has 98 valence electrons. The monoisotopic (exact) mass is 249 g/mol. The van der Waals surface area contributed by atoms with E-state index in [0.717, 1.165) is 6.54 Å². The van der Waals surface area contributed by atoms with Crippen molar-refractivity contribution in [2.45, 2.75) is 32.9 Å². The Kier molecular flexibility index (Phi) is 5.92. The van der Waals surface area contributed by atoms with Crippen molar-refractivity contribution in [2.75, 3.05) is 19.8 Å². The minimum Gasteiger partial charge on any atom is -0.374 e. The summed E-state index contributed by atoms with van der Waals surface area (Å²) in [5.74, 6) is 0.674. The minimum absolute atomic E-state index is 0.0186. The van der Waals surface area contributed by atoms with Gasteiger partial charge in [-0.2, -0.15) is 0 Å². The molecule has 0 aliphatic heterocycles. The Morgan fingerprint density at radius 1 is 1.47 bits per heavy atom. The predicted molar refractivity (Wildman–Crippen MR) is 56.7 cm³/mol. The molecular formula is C9H17F2N5O. The number of ether oxygens (including phenoxy) is 1. The normalized spacial score (nSPS) is 13.2. The first-order valence-corrected chi connectivity index (χ1v) is 5.50. The van der Waals surface area contributed by atoms with E-state index in [1.165, 1.54) is 0 Å². The molecule has 1 N–H and O–H groups in total. The van der Waals surface area contributed by atoms with Gasteiger partial charge in [-0.3, -0.25) is 0 Å². The van der Waals surface area contributed by atoms with Gasteiger partial charge in [0.1, 0.15) is 6.61 Å². The largest absolute Gasteiger partial charge is 0.374 e.